The van der Waals surface area contributed by atoms with Crippen LogP contribution in [0.2, 0.25) is 0 Å². The summed E-state index contributed by atoms with van der Waals surface area (Å²) in [4.78, 5) is 2.23. The third-order valence-corrected chi connectivity index (χ3v) is 3.22. The molecule has 1 aromatic heterocycles. The van der Waals surface area contributed by atoms with Crippen molar-refractivity contribution in [2.75, 3.05) is 27.2 Å². The molecule has 0 aliphatic heterocycles. The minimum absolute atomic E-state index is 0.499. The van der Waals surface area contributed by atoms with Crippen molar-refractivity contribution in [1.29, 1.82) is 0 Å². The highest BCUT2D eigenvalue weighted by Gasteiger charge is 2.03. The Kier molecular flexibility index (Phi) is 6.98. The predicted molar refractivity (Wildman–Crippen MR) is 76.7 cm³/mol. The van der Waals surface area contributed by atoms with Gasteiger partial charge in [0.15, 0.2) is 0 Å². The zero-order valence-corrected chi connectivity index (χ0v) is 12.3. The van der Waals surface area contributed by atoms with E-state index in [-0.39, 0.29) is 0 Å². The standard InChI is InChI=1S/C14H28N4/c1-5-13(2)18-11-8-14(16-18)12-15-9-6-7-10-17(3)4/h8,11,13,15H,5-7,9-10,12H2,1-4H3. The molecule has 0 bridgehead atoms. The molecule has 1 unspecified atom stereocenters. The molecule has 0 radical (unpaired) electrons. The fourth-order valence-corrected chi connectivity index (χ4v) is 1.80. The van der Waals surface area contributed by atoms with E-state index < -0.39 is 0 Å². The molecular weight excluding hydrogens is 224 g/mol. The number of rotatable bonds is 9. The second-order valence-corrected chi connectivity index (χ2v) is 5.23. The van der Waals surface area contributed by atoms with Crippen LogP contribution < -0.4 is 5.32 Å². The van der Waals surface area contributed by atoms with Gasteiger partial charge < -0.3 is 10.2 Å². The summed E-state index contributed by atoms with van der Waals surface area (Å²) in [6.07, 6.45) is 5.68. The Labute approximate surface area is 111 Å². The molecule has 1 rings (SSSR count). The molecule has 104 valence electrons. The zero-order valence-electron chi connectivity index (χ0n) is 12.3. The van der Waals surface area contributed by atoms with Gasteiger partial charge in [0, 0.05) is 18.8 Å². The Morgan fingerprint density at radius 3 is 2.83 bits per heavy atom. The molecule has 0 aliphatic rings. The van der Waals surface area contributed by atoms with E-state index in [0.717, 1.165) is 25.2 Å². The number of aromatic nitrogens is 2. The van der Waals surface area contributed by atoms with Crippen LogP contribution in [0.25, 0.3) is 0 Å². The summed E-state index contributed by atoms with van der Waals surface area (Å²) < 4.78 is 2.06. The Morgan fingerprint density at radius 2 is 2.17 bits per heavy atom. The number of hydrogen-bond donors (Lipinski definition) is 1. The summed E-state index contributed by atoms with van der Waals surface area (Å²) in [6, 6.07) is 2.61. The van der Waals surface area contributed by atoms with E-state index in [9.17, 15) is 0 Å². The van der Waals surface area contributed by atoms with Crippen LogP contribution in [0, 0.1) is 0 Å². The van der Waals surface area contributed by atoms with Gasteiger partial charge in [0.2, 0.25) is 0 Å². The monoisotopic (exact) mass is 252 g/mol. The zero-order chi connectivity index (χ0) is 13.4. The van der Waals surface area contributed by atoms with Crippen LogP contribution in [0.1, 0.15) is 44.8 Å². The van der Waals surface area contributed by atoms with Crippen LogP contribution in [0.3, 0.4) is 0 Å². The van der Waals surface area contributed by atoms with E-state index in [2.05, 4.69) is 60.2 Å². The molecule has 0 saturated carbocycles. The lowest BCUT2D eigenvalue weighted by Crippen LogP contribution is -2.18. The van der Waals surface area contributed by atoms with Crippen LogP contribution in [0.15, 0.2) is 12.3 Å². The van der Waals surface area contributed by atoms with Crippen molar-refractivity contribution in [3.8, 4) is 0 Å². The first-order valence-electron chi connectivity index (χ1n) is 7.03. The Bertz CT molecular complexity index is 319. The summed E-state index contributed by atoms with van der Waals surface area (Å²) in [7, 11) is 4.24. The van der Waals surface area contributed by atoms with Gasteiger partial charge in [0.1, 0.15) is 0 Å². The molecule has 4 nitrogen and oxygen atoms in total. The molecule has 4 heteroatoms. The van der Waals surface area contributed by atoms with Crippen molar-refractivity contribution in [1.82, 2.24) is 20.0 Å². The van der Waals surface area contributed by atoms with Crippen LogP contribution in [0.5, 0.6) is 0 Å². The van der Waals surface area contributed by atoms with Crippen LogP contribution in [0.4, 0.5) is 0 Å². The van der Waals surface area contributed by atoms with Gasteiger partial charge in [0.05, 0.1) is 5.69 Å². The molecule has 1 atom stereocenters. The lowest BCUT2D eigenvalue weighted by Gasteiger charge is -2.09. The summed E-state index contributed by atoms with van der Waals surface area (Å²) in [5.41, 5.74) is 1.14. The number of unbranched alkanes of at least 4 members (excludes halogenated alkanes) is 1. The maximum atomic E-state index is 4.57. The number of nitrogens with zero attached hydrogens (tertiary/aromatic N) is 3. The second kappa shape index (κ2) is 8.27. The van der Waals surface area contributed by atoms with Crippen molar-refractivity contribution < 1.29 is 0 Å². The van der Waals surface area contributed by atoms with E-state index in [1.807, 2.05) is 0 Å². The Balaban J connectivity index is 2.14. The van der Waals surface area contributed by atoms with Crippen molar-refractivity contribution >= 4 is 0 Å². The third kappa shape index (κ3) is 5.65. The molecular formula is C14H28N4. The Morgan fingerprint density at radius 1 is 1.39 bits per heavy atom. The molecule has 0 amide bonds. The minimum Gasteiger partial charge on any atom is -0.311 e. The highest BCUT2D eigenvalue weighted by atomic mass is 15.3. The lowest BCUT2D eigenvalue weighted by molar-refractivity contribution is 0.391. The van der Waals surface area contributed by atoms with Gasteiger partial charge in [-0.2, -0.15) is 5.10 Å². The summed E-state index contributed by atoms with van der Waals surface area (Å²) in [5, 5.41) is 8.02. The van der Waals surface area contributed by atoms with Crippen LogP contribution in [-0.4, -0.2) is 41.9 Å². The third-order valence-electron chi connectivity index (χ3n) is 3.22. The summed E-state index contributed by atoms with van der Waals surface area (Å²) in [6.45, 7) is 7.51. The fraction of sp³-hybridized carbons (Fsp3) is 0.786. The normalized spacial score (nSPS) is 13.2. The van der Waals surface area contributed by atoms with Gasteiger partial charge in [-0.05, 0) is 59.4 Å². The molecule has 0 saturated heterocycles. The Hall–Kier alpha value is -0.870. The van der Waals surface area contributed by atoms with E-state index in [1.54, 1.807) is 0 Å². The first-order chi connectivity index (χ1) is 8.63. The average molecular weight is 252 g/mol. The SMILES string of the molecule is CCC(C)n1ccc(CNCCCCN(C)C)n1. The van der Waals surface area contributed by atoms with Crippen molar-refractivity contribution in [3.05, 3.63) is 18.0 Å². The summed E-state index contributed by atoms with van der Waals surface area (Å²) >= 11 is 0. The van der Waals surface area contributed by atoms with Crippen LogP contribution >= 0.6 is 0 Å². The van der Waals surface area contributed by atoms with Gasteiger partial charge in [-0.3, -0.25) is 4.68 Å². The quantitative estimate of drug-likeness (QED) is 0.685. The molecule has 0 fully saturated rings. The first kappa shape index (κ1) is 15.2. The van der Waals surface area contributed by atoms with Gasteiger partial charge in [-0.1, -0.05) is 6.92 Å². The topological polar surface area (TPSA) is 33.1 Å². The largest absolute Gasteiger partial charge is 0.311 e. The van der Waals surface area contributed by atoms with E-state index >= 15 is 0 Å². The van der Waals surface area contributed by atoms with Gasteiger partial charge in [0.25, 0.3) is 0 Å². The van der Waals surface area contributed by atoms with E-state index in [0.29, 0.717) is 6.04 Å². The average Bonchev–Trinajstić information content (AvgIpc) is 2.81. The fourth-order valence-electron chi connectivity index (χ4n) is 1.80. The van der Waals surface area contributed by atoms with Gasteiger partial charge in [-0.25, -0.2) is 0 Å². The smallest absolute Gasteiger partial charge is 0.0762 e. The van der Waals surface area contributed by atoms with E-state index in [1.165, 1.54) is 19.4 Å². The molecule has 0 aromatic carbocycles. The highest BCUT2D eigenvalue weighted by Crippen LogP contribution is 2.08. The first-order valence-corrected chi connectivity index (χ1v) is 7.03. The molecule has 1 heterocycles. The summed E-state index contributed by atoms with van der Waals surface area (Å²) in [5.74, 6) is 0. The van der Waals surface area contributed by atoms with Crippen molar-refractivity contribution in [2.45, 2.75) is 45.7 Å². The van der Waals surface area contributed by atoms with Crippen LogP contribution in [-0.2, 0) is 6.54 Å². The van der Waals surface area contributed by atoms with Crippen molar-refractivity contribution in [3.63, 3.8) is 0 Å². The molecule has 18 heavy (non-hydrogen) atoms. The maximum Gasteiger partial charge on any atom is 0.0762 e. The molecule has 0 aliphatic carbocycles. The highest BCUT2D eigenvalue weighted by molar-refractivity contribution is 4.99. The number of nitrogens with one attached hydrogen (secondary N) is 1. The minimum atomic E-state index is 0.499. The van der Waals surface area contributed by atoms with Gasteiger partial charge >= 0.3 is 0 Å². The number of hydrogen-bond acceptors (Lipinski definition) is 3. The predicted octanol–water partition coefficient (Wildman–Crippen LogP) is 2.29. The maximum absolute atomic E-state index is 4.57. The molecule has 0 spiro atoms. The molecule has 1 N–H and O–H groups in total. The van der Waals surface area contributed by atoms with Gasteiger partial charge in [-0.15, -0.1) is 0 Å². The van der Waals surface area contributed by atoms with Crippen molar-refractivity contribution in [2.24, 2.45) is 0 Å². The lowest BCUT2D eigenvalue weighted by atomic mass is 10.3. The second-order valence-electron chi connectivity index (χ2n) is 5.23. The van der Waals surface area contributed by atoms with E-state index in [4.69, 9.17) is 0 Å². The molecule has 1 aromatic rings.